The van der Waals surface area contributed by atoms with Crippen LogP contribution in [0.1, 0.15) is 77.3 Å². The summed E-state index contributed by atoms with van der Waals surface area (Å²) >= 11 is 0. The Morgan fingerprint density at radius 1 is 0.848 bits per heavy atom. The highest BCUT2D eigenvalue weighted by atomic mass is 16.5. The van der Waals surface area contributed by atoms with Crippen molar-refractivity contribution < 1.29 is 23.5 Å². The lowest BCUT2D eigenvalue weighted by molar-refractivity contribution is -0.923. The zero-order valence-corrected chi connectivity index (χ0v) is 22.5. The second kappa shape index (κ2) is 23.2. The van der Waals surface area contributed by atoms with Crippen molar-refractivity contribution in [2.75, 3.05) is 51.8 Å². The van der Waals surface area contributed by atoms with Gasteiger partial charge in [-0.05, 0) is 52.2 Å². The number of carbonyl (C=O) groups is 2. The number of likely N-dealkylation sites (N-methyl/N-ethyl adjacent to an activating group) is 1. The average Bonchev–Trinajstić information content (AvgIpc) is 2.83. The Hall–Kier alpha value is -1.92. The second-order valence-electron chi connectivity index (χ2n) is 8.27. The van der Waals surface area contributed by atoms with E-state index in [0.29, 0.717) is 19.5 Å². The van der Waals surface area contributed by atoms with E-state index in [1.54, 1.807) is 7.11 Å². The highest BCUT2D eigenvalue weighted by molar-refractivity contribution is 5.75. The predicted molar refractivity (Wildman–Crippen MR) is 140 cm³/mol. The molecule has 6 heteroatoms. The molecule has 0 aliphatic carbocycles. The molecule has 1 aromatic rings. The molecule has 0 saturated heterocycles. The molecule has 1 amide bonds. The maximum Gasteiger partial charge on any atom is 0.293 e. The van der Waals surface area contributed by atoms with Crippen LogP contribution < -0.4 is 5.32 Å². The van der Waals surface area contributed by atoms with Crippen LogP contribution >= 0.6 is 0 Å². The van der Waals surface area contributed by atoms with Crippen LogP contribution in [0.15, 0.2) is 18.2 Å². The minimum absolute atomic E-state index is 0.523. The van der Waals surface area contributed by atoms with Crippen molar-refractivity contribution in [3.8, 4) is 0 Å². The number of rotatable bonds is 16. The van der Waals surface area contributed by atoms with Crippen LogP contribution in [0.2, 0.25) is 0 Å². The van der Waals surface area contributed by atoms with Crippen LogP contribution in [0.3, 0.4) is 0 Å². The molecule has 0 aliphatic heterocycles. The van der Waals surface area contributed by atoms with Crippen molar-refractivity contribution in [3.05, 3.63) is 29.3 Å². The van der Waals surface area contributed by atoms with Gasteiger partial charge in [0.25, 0.3) is 6.47 Å². The number of nitrogens with zero attached hydrogens (tertiary/aromatic N) is 1. The van der Waals surface area contributed by atoms with E-state index < -0.39 is 0 Å². The van der Waals surface area contributed by atoms with E-state index in [4.69, 9.17) is 9.47 Å². The Morgan fingerprint density at radius 3 is 1.85 bits per heavy atom. The fourth-order valence-corrected chi connectivity index (χ4v) is 3.57. The molecule has 0 fully saturated rings. The van der Waals surface area contributed by atoms with Crippen LogP contribution in [0, 0.1) is 13.8 Å². The van der Waals surface area contributed by atoms with Gasteiger partial charge in [-0.2, -0.15) is 0 Å². The maximum absolute atomic E-state index is 10.2. The topological polar surface area (TPSA) is 64.6 Å². The Labute approximate surface area is 203 Å². The monoisotopic (exact) mass is 467 g/mol. The summed E-state index contributed by atoms with van der Waals surface area (Å²) in [5.41, 5.74) is 3.11. The van der Waals surface area contributed by atoms with Crippen LogP contribution in [0.5, 0.6) is 0 Å². The molecule has 0 spiro atoms. The number of nitrogens with one attached hydrogen (secondary N) is 1. The zero-order valence-electron chi connectivity index (χ0n) is 22.5. The van der Waals surface area contributed by atoms with E-state index in [1.807, 2.05) is 32.0 Å². The number of unbranched alkanes of at least 4 members (excludes halogenated alkanes) is 5. The first-order chi connectivity index (χ1) is 15.9. The van der Waals surface area contributed by atoms with E-state index in [1.165, 1.54) is 38.5 Å². The third-order valence-corrected chi connectivity index (χ3v) is 6.15. The van der Waals surface area contributed by atoms with Gasteiger partial charge in [0.15, 0.2) is 0 Å². The van der Waals surface area contributed by atoms with Gasteiger partial charge in [-0.15, -0.1) is 0 Å². The molecule has 6 nitrogen and oxygen atoms in total. The largest absolute Gasteiger partial charge is 0.462 e. The molecule has 0 heterocycles. The number of methoxy groups -OCH3 is 1. The minimum atomic E-state index is 0.523. The molecule has 33 heavy (non-hydrogen) atoms. The van der Waals surface area contributed by atoms with E-state index in [2.05, 4.69) is 33.0 Å². The van der Waals surface area contributed by atoms with Gasteiger partial charge in [0.1, 0.15) is 13.2 Å². The SMILES string of the molecule is CCCCCCCCOC.CC[N+](CC)(CC)CCOC=O.Cc1cccc(C)c1NC=O. The zero-order chi connectivity index (χ0) is 25.4. The molecule has 0 bridgehead atoms. The number of hydrogen-bond acceptors (Lipinski definition) is 4. The van der Waals surface area contributed by atoms with Crippen molar-refractivity contribution in [3.63, 3.8) is 0 Å². The molecule has 0 radical (unpaired) electrons. The first kappa shape index (κ1) is 33.3. The Kier molecular flexibility index (Phi) is 23.4. The number of carbonyl (C=O) groups excluding carboxylic acids is 2. The van der Waals surface area contributed by atoms with E-state index in [0.717, 1.165) is 54.1 Å². The standard InChI is InChI=1S/C9H20NO2.C9H11NO.C9H20O/c1-4-10(5-2,6-3)7-8-12-9-11;1-7-4-3-5-8(2)9(7)10-6-11;1-3-4-5-6-7-8-9-10-2/h9H,4-8H2,1-3H3;3-6H,1-2H3,(H,10,11);3-9H2,1-2H3/q+1;;. The molecule has 0 atom stereocenters. The normalized spacial score (nSPS) is 10.3. The molecule has 0 saturated carbocycles. The number of amides is 1. The summed E-state index contributed by atoms with van der Waals surface area (Å²) < 4.78 is 10.7. The summed E-state index contributed by atoms with van der Waals surface area (Å²) in [6.45, 7) is 19.0. The Bertz CT molecular complexity index is 553. The van der Waals surface area contributed by atoms with Gasteiger partial charge in [0.05, 0.1) is 19.6 Å². The fraction of sp³-hybridized carbons (Fsp3) is 0.704. The average molecular weight is 468 g/mol. The van der Waals surface area contributed by atoms with Gasteiger partial charge < -0.3 is 19.3 Å². The first-order valence-corrected chi connectivity index (χ1v) is 12.6. The lowest BCUT2D eigenvalue weighted by atomic mass is 10.1. The van der Waals surface area contributed by atoms with E-state index in [-0.39, 0.29) is 0 Å². The van der Waals surface area contributed by atoms with Crippen molar-refractivity contribution in [2.24, 2.45) is 0 Å². The first-order valence-electron chi connectivity index (χ1n) is 12.6. The van der Waals surface area contributed by atoms with Crippen LogP contribution in [-0.4, -0.2) is 63.9 Å². The molecule has 1 N–H and O–H groups in total. The van der Waals surface area contributed by atoms with Gasteiger partial charge in [-0.25, -0.2) is 0 Å². The molecule has 0 aromatic heterocycles. The number of anilines is 1. The third kappa shape index (κ3) is 17.3. The molecule has 1 rings (SSSR count). The molecule has 0 unspecified atom stereocenters. The molecule has 1 aromatic carbocycles. The molecule has 192 valence electrons. The van der Waals surface area contributed by atoms with Crippen LogP contribution in [-0.2, 0) is 19.1 Å². The summed E-state index contributed by atoms with van der Waals surface area (Å²) in [5, 5.41) is 2.66. The van der Waals surface area contributed by atoms with Gasteiger partial charge >= 0.3 is 0 Å². The maximum atomic E-state index is 10.2. The highest BCUT2D eigenvalue weighted by Gasteiger charge is 2.19. The third-order valence-electron chi connectivity index (χ3n) is 6.15. The van der Waals surface area contributed by atoms with Crippen molar-refractivity contribution in [1.82, 2.24) is 0 Å². The van der Waals surface area contributed by atoms with E-state index >= 15 is 0 Å². The number of ether oxygens (including phenoxy) is 2. The van der Waals surface area contributed by atoms with Crippen molar-refractivity contribution in [2.45, 2.75) is 80.1 Å². The lowest BCUT2D eigenvalue weighted by Crippen LogP contribution is -2.49. The van der Waals surface area contributed by atoms with E-state index in [9.17, 15) is 9.59 Å². The Morgan fingerprint density at radius 2 is 1.39 bits per heavy atom. The molecular formula is C27H51N2O4+. The number of hydrogen-bond donors (Lipinski definition) is 1. The van der Waals surface area contributed by atoms with Crippen LogP contribution in [0.25, 0.3) is 0 Å². The van der Waals surface area contributed by atoms with Gasteiger partial charge in [0, 0.05) is 19.4 Å². The molecule has 0 aliphatic rings. The lowest BCUT2D eigenvalue weighted by Gasteiger charge is -2.35. The second-order valence-corrected chi connectivity index (χ2v) is 8.27. The number of para-hydroxylation sites is 1. The smallest absolute Gasteiger partial charge is 0.293 e. The number of quaternary nitrogens is 1. The quantitative estimate of drug-likeness (QED) is 0.187. The van der Waals surface area contributed by atoms with Gasteiger partial charge in [0.2, 0.25) is 6.41 Å². The number of aryl methyl sites for hydroxylation is 2. The minimum Gasteiger partial charge on any atom is -0.462 e. The molecular weight excluding hydrogens is 416 g/mol. The van der Waals surface area contributed by atoms with Crippen molar-refractivity contribution in [1.29, 1.82) is 0 Å². The Balaban J connectivity index is 0. The van der Waals surface area contributed by atoms with Gasteiger partial charge in [-0.1, -0.05) is 57.2 Å². The summed E-state index contributed by atoms with van der Waals surface area (Å²) in [4.78, 5) is 20.1. The summed E-state index contributed by atoms with van der Waals surface area (Å²) in [6.07, 6.45) is 8.80. The summed E-state index contributed by atoms with van der Waals surface area (Å²) in [6, 6.07) is 5.91. The highest BCUT2D eigenvalue weighted by Crippen LogP contribution is 2.18. The fourth-order valence-electron chi connectivity index (χ4n) is 3.57. The summed E-state index contributed by atoms with van der Waals surface area (Å²) in [7, 11) is 1.77. The summed E-state index contributed by atoms with van der Waals surface area (Å²) in [5.74, 6) is 0. The van der Waals surface area contributed by atoms with Gasteiger partial charge in [-0.3, -0.25) is 9.59 Å². The van der Waals surface area contributed by atoms with Crippen LogP contribution in [0.4, 0.5) is 5.69 Å². The van der Waals surface area contributed by atoms with Crippen molar-refractivity contribution >= 4 is 18.6 Å². The number of benzene rings is 1. The predicted octanol–water partition coefficient (Wildman–Crippen LogP) is 5.90.